The average molecular weight is 364 g/mol. The number of ether oxygens (including phenoxy) is 1. The van der Waals surface area contributed by atoms with Crippen LogP contribution in [0, 0.1) is 0 Å². The van der Waals surface area contributed by atoms with Crippen molar-refractivity contribution in [3.05, 3.63) is 84.4 Å². The maximum atomic E-state index is 11.3. The Labute approximate surface area is 163 Å². The van der Waals surface area contributed by atoms with Gasteiger partial charge >= 0.3 is 5.97 Å². The van der Waals surface area contributed by atoms with E-state index in [-0.39, 0.29) is 12.1 Å². The lowest BCUT2D eigenvalue weighted by atomic mass is 9.96. The van der Waals surface area contributed by atoms with E-state index in [0.29, 0.717) is 0 Å². The van der Waals surface area contributed by atoms with Crippen molar-refractivity contribution in [2.45, 2.75) is 20.0 Å². The molecule has 5 aromatic carbocycles. The van der Waals surface area contributed by atoms with Gasteiger partial charge < -0.3 is 4.74 Å². The first-order chi connectivity index (χ1) is 13.6. The lowest BCUT2D eigenvalue weighted by Crippen LogP contribution is -2.04. The summed E-state index contributed by atoms with van der Waals surface area (Å²) in [5.74, 6) is -0.259. The molecule has 2 heteroatoms. The molecule has 28 heavy (non-hydrogen) atoms. The van der Waals surface area contributed by atoms with Crippen LogP contribution in [-0.2, 0) is 9.53 Å². The zero-order valence-electron chi connectivity index (χ0n) is 15.9. The second kappa shape index (κ2) is 6.35. The highest BCUT2D eigenvalue weighted by Gasteiger charge is 2.10. The zero-order valence-corrected chi connectivity index (χ0v) is 15.9. The maximum Gasteiger partial charge on any atom is 0.303 e. The molecule has 0 spiro atoms. The average Bonchev–Trinajstić information content (AvgIpc) is 2.68. The Morgan fingerprint density at radius 2 is 1.07 bits per heavy atom. The van der Waals surface area contributed by atoms with Crippen molar-refractivity contribution in [2.24, 2.45) is 0 Å². The molecule has 0 aromatic heterocycles. The molecule has 0 aliphatic rings. The summed E-state index contributed by atoms with van der Waals surface area (Å²) < 4.78 is 5.33. The molecule has 0 aliphatic heterocycles. The molecule has 2 nitrogen and oxygen atoms in total. The fourth-order valence-electron chi connectivity index (χ4n) is 4.03. The van der Waals surface area contributed by atoms with Gasteiger partial charge in [0, 0.05) is 6.92 Å². The molecule has 5 aromatic rings. The van der Waals surface area contributed by atoms with Crippen LogP contribution in [0.25, 0.3) is 43.1 Å². The van der Waals surface area contributed by atoms with Gasteiger partial charge in [-0.3, -0.25) is 4.79 Å². The van der Waals surface area contributed by atoms with Crippen LogP contribution in [-0.4, -0.2) is 5.97 Å². The first kappa shape index (κ1) is 16.8. The second-order valence-electron chi connectivity index (χ2n) is 7.46. The van der Waals surface area contributed by atoms with Gasteiger partial charge in [-0.2, -0.15) is 0 Å². The van der Waals surface area contributed by atoms with Crippen LogP contribution in [0.2, 0.25) is 0 Å². The molecule has 0 aliphatic carbocycles. The number of fused-ring (bicyclic) bond motifs is 4. The second-order valence-corrected chi connectivity index (χ2v) is 7.46. The molecule has 1 atom stereocenters. The van der Waals surface area contributed by atoms with Crippen LogP contribution >= 0.6 is 0 Å². The van der Waals surface area contributed by atoms with E-state index < -0.39 is 0 Å². The van der Waals surface area contributed by atoms with Crippen molar-refractivity contribution in [3.8, 4) is 0 Å². The largest absolute Gasteiger partial charge is 0.458 e. The number of carbonyl (C=O) groups excluding carboxylic acids is 1. The highest BCUT2D eigenvalue weighted by molar-refractivity contribution is 6.08. The molecule has 0 radical (unpaired) electrons. The third-order valence-electron chi connectivity index (χ3n) is 5.45. The Bertz CT molecular complexity index is 1380. The Kier molecular flexibility index (Phi) is 3.80. The summed E-state index contributed by atoms with van der Waals surface area (Å²) in [6.07, 6.45) is -0.249. The molecule has 0 N–H and O–H groups in total. The predicted octanol–water partition coefficient (Wildman–Crippen LogP) is 6.92. The molecule has 0 saturated carbocycles. The third-order valence-corrected chi connectivity index (χ3v) is 5.45. The number of carbonyl (C=O) groups is 1. The summed E-state index contributed by atoms with van der Waals surface area (Å²) in [6.45, 7) is 3.35. The standard InChI is InChI=1S/C26H20O2/c1-16(28-17(2)27)18-7-8-21-12-25-14-23-10-19-5-3-4-6-20(19)11-24(23)15-26(25)13-22(21)9-18/h3-16H,1-2H3. The quantitative estimate of drug-likeness (QED) is 0.251. The molecule has 0 bridgehead atoms. The van der Waals surface area contributed by atoms with E-state index in [1.807, 2.05) is 13.0 Å². The minimum absolute atomic E-state index is 0.249. The lowest BCUT2D eigenvalue weighted by Gasteiger charge is -2.13. The van der Waals surface area contributed by atoms with E-state index in [4.69, 9.17) is 4.74 Å². The van der Waals surface area contributed by atoms with Crippen molar-refractivity contribution in [1.82, 2.24) is 0 Å². The fourth-order valence-corrected chi connectivity index (χ4v) is 4.03. The summed E-state index contributed by atoms with van der Waals surface area (Å²) in [7, 11) is 0. The smallest absolute Gasteiger partial charge is 0.303 e. The number of benzene rings is 5. The van der Waals surface area contributed by atoms with E-state index in [9.17, 15) is 4.79 Å². The minimum Gasteiger partial charge on any atom is -0.458 e. The van der Waals surface area contributed by atoms with Gasteiger partial charge in [-0.1, -0.05) is 36.4 Å². The maximum absolute atomic E-state index is 11.3. The van der Waals surface area contributed by atoms with E-state index in [1.165, 1.54) is 44.6 Å². The van der Waals surface area contributed by atoms with Crippen LogP contribution in [0.4, 0.5) is 0 Å². The van der Waals surface area contributed by atoms with Crippen LogP contribution in [0.15, 0.2) is 78.9 Å². The van der Waals surface area contributed by atoms with E-state index in [0.717, 1.165) is 10.9 Å². The van der Waals surface area contributed by atoms with Crippen LogP contribution in [0.1, 0.15) is 25.5 Å². The van der Waals surface area contributed by atoms with Crippen molar-refractivity contribution in [3.63, 3.8) is 0 Å². The fraction of sp³-hybridized carbons (Fsp3) is 0.115. The predicted molar refractivity (Wildman–Crippen MR) is 117 cm³/mol. The molecular formula is C26H20O2. The van der Waals surface area contributed by atoms with Gasteiger partial charge in [0.1, 0.15) is 6.10 Å². The lowest BCUT2D eigenvalue weighted by molar-refractivity contribution is -0.145. The Balaban J connectivity index is 1.70. The van der Waals surface area contributed by atoms with Gasteiger partial charge in [0.05, 0.1) is 0 Å². The number of esters is 1. The third kappa shape index (κ3) is 2.87. The van der Waals surface area contributed by atoms with Gasteiger partial charge in [0.15, 0.2) is 0 Å². The SMILES string of the molecule is CC(=O)OC(C)c1ccc2cc3cc4cc5ccccc5cc4cc3cc2c1. The van der Waals surface area contributed by atoms with E-state index in [1.54, 1.807) is 0 Å². The summed E-state index contributed by atoms with van der Waals surface area (Å²) >= 11 is 0. The number of rotatable bonds is 2. The van der Waals surface area contributed by atoms with E-state index in [2.05, 4.69) is 72.8 Å². The van der Waals surface area contributed by atoms with Gasteiger partial charge in [-0.05, 0) is 98.0 Å². The Morgan fingerprint density at radius 3 is 1.57 bits per heavy atom. The molecule has 136 valence electrons. The first-order valence-corrected chi connectivity index (χ1v) is 9.54. The summed E-state index contributed by atoms with van der Waals surface area (Å²) in [5.41, 5.74) is 1.01. The monoisotopic (exact) mass is 364 g/mol. The minimum atomic E-state index is -0.259. The van der Waals surface area contributed by atoms with Crippen LogP contribution in [0.5, 0.6) is 0 Å². The summed E-state index contributed by atoms with van der Waals surface area (Å²) in [5, 5.41) is 9.81. The molecule has 1 unspecified atom stereocenters. The normalized spacial score (nSPS) is 12.6. The molecule has 0 amide bonds. The highest BCUT2D eigenvalue weighted by Crippen LogP contribution is 2.31. The molecule has 5 rings (SSSR count). The Morgan fingerprint density at radius 1 is 0.643 bits per heavy atom. The van der Waals surface area contributed by atoms with E-state index >= 15 is 0 Å². The van der Waals surface area contributed by atoms with Crippen molar-refractivity contribution in [2.75, 3.05) is 0 Å². The number of hydrogen-bond acceptors (Lipinski definition) is 2. The van der Waals surface area contributed by atoms with Crippen LogP contribution < -0.4 is 0 Å². The Hall–Kier alpha value is -3.39. The molecule has 0 fully saturated rings. The first-order valence-electron chi connectivity index (χ1n) is 9.54. The van der Waals surface area contributed by atoms with Crippen molar-refractivity contribution >= 4 is 49.1 Å². The van der Waals surface area contributed by atoms with Gasteiger partial charge in [-0.25, -0.2) is 0 Å². The van der Waals surface area contributed by atoms with Gasteiger partial charge in [-0.15, -0.1) is 0 Å². The summed E-state index contributed by atoms with van der Waals surface area (Å²) in [4.78, 5) is 11.3. The zero-order chi connectivity index (χ0) is 19.3. The van der Waals surface area contributed by atoms with Gasteiger partial charge in [0.25, 0.3) is 0 Å². The topological polar surface area (TPSA) is 26.3 Å². The number of hydrogen-bond donors (Lipinski definition) is 0. The molecule has 0 saturated heterocycles. The van der Waals surface area contributed by atoms with Crippen LogP contribution in [0.3, 0.4) is 0 Å². The van der Waals surface area contributed by atoms with Gasteiger partial charge in [0.2, 0.25) is 0 Å². The van der Waals surface area contributed by atoms with Crippen molar-refractivity contribution in [1.29, 1.82) is 0 Å². The molecular weight excluding hydrogens is 344 g/mol. The van der Waals surface area contributed by atoms with Crippen molar-refractivity contribution < 1.29 is 9.53 Å². The molecule has 0 heterocycles. The highest BCUT2D eigenvalue weighted by atomic mass is 16.5. The summed E-state index contributed by atoms with van der Waals surface area (Å²) in [6, 6.07) is 28.2.